The molecule has 2 rings (SSSR count). The van der Waals surface area contributed by atoms with Crippen LogP contribution in [0.25, 0.3) is 0 Å². The molecule has 0 bridgehead atoms. The fourth-order valence-electron chi connectivity index (χ4n) is 5.62. The highest BCUT2D eigenvalue weighted by Gasteiger charge is 2.46. The first-order valence-electron chi connectivity index (χ1n) is 9.52. The molecule has 21 heavy (non-hydrogen) atoms. The Balaban J connectivity index is 2.22. The van der Waals surface area contributed by atoms with E-state index in [1.165, 1.54) is 56.9 Å². The van der Waals surface area contributed by atoms with Crippen LogP contribution in [0.4, 0.5) is 0 Å². The lowest BCUT2D eigenvalue weighted by Crippen LogP contribution is -2.43. The van der Waals surface area contributed by atoms with Crippen molar-refractivity contribution in [1.29, 1.82) is 0 Å². The Morgan fingerprint density at radius 1 is 1.00 bits per heavy atom. The molecule has 0 nitrogen and oxygen atoms in total. The summed E-state index contributed by atoms with van der Waals surface area (Å²) in [4.78, 5) is 0. The van der Waals surface area contributed by atoms with E-state index in [1.807, 2.05) is 0 Å². The Kier molecular flexibility index (Phi) is 5.60. The molecule has 122 valence electrons. The van der Waals surface area contributed by atoms with Gasteiger partial charge in [0.05, 0.1) is 0 Å². The third-order valence-electron chi connectivity index (χ3n) is 7.34. The molecule has 0 N–H and O–H groups in total. The van der Waals surface area contributed by atoms with Gasteiger partial charge in [0.2, 0.25) is 0 Å². The molecule has 0 heterocycles. The fourth-order valence-corrected chi connectivity index (χ4v) is 5.62. The second-order valence-corrected chi connectivity index (χ2v) is 8.82. The lowest BCUT2D eigenvalue weighted by Gasteiger charge is -2.52. The second kappa shape index (κ2) is 6.88. The molecule has 2 fully saturated rings. The van der Waals surface area contributed by atoms with E-state index in [1.54, 1.807) is 0 Å². The summed E-state index contributed by atoms with van der Waals surface area (Å²) in [6.07, 6.45) is 11.6. The molecule has 2 saturated carbocycles. The van der Waals surface area contributed by atoms with Crippen LogP contribution < -0.4 is 0 Å². The SMILES string of the molecule is C=C(C)C1(C)CCC2CCCCCC(C)CC(C)C2C1C. The first-order valence-corrected chi connectivity index (χ1v) is 9.52. The third kappa shape index (κ3) is 3.57. The van der Waals surface area contributed by atoms with Gasteiger partial charge in [0.25, 0.3) is 0 Å². The van der Waals surface area contributed by atoms with Gasteiger partial charge in [-0.2, -0.15) is 0 Å². The van der Waals surface area contributed by atoms with Gasteiger partial charge in [-0.3, -0.25) is 0 Å². The van der Waals surface area contributed by atoms with E-state index in [2.05, 4.69) is 41.2 Å². The molecule has 0 aliphatic heterocycles. The lowest BCUT2D eigenvalue weighted by molar-refractivity contribution is 0.00678. The predicted molar refractivity (Wildman–Crippen MR) is 94.3 cm³/mol. The van der Waals surface area contributed by atoms with Gasteiger partial charge in [-0.25, -0.2) is 0 Å². The molecule has 0 amide bonds. The maximum Gasteiger partial charge on any atom is -0.00933 e. The van der Waals surface area contributed by atoms with E-state index >= 15 is 0 Å². The summed E-state index contributed by atoms with van der Waals surface area (Å²) in [5, 5.41) is 0. The van der Waals surface area contributed by atoms with Crippen molar-refractivity contribution in [1.82, 2.24) is 0 Å². The van der Waals surface area contributed by atoms with E-state index in [-0.39, 0.29) is 0 Å². The number of allylic oxidation sites excluding steroid dienone is 1. The van der Waals surface area contributed by atoms with E-state index in [0.29, 0.717) is 5.41 Å². The number of hydrogen-bond acceptors (Lipinski definition) is 0. The van der Waals surface area contributed by atoms with Crippen molar-refractivity contribution < 1.29 is 0 Å². The van der Waals surface area contributed by atoms with Gasteiger partial charge in [0, 0.05) is 0 Å². The van der Waals surface area contributed by atoms with Crippen LogP contribution in [-0.2, 0) is 0 Å². The second-order valence-electron chi connectivity index (χ2n) is 8.82. The van der Waals surface area contributed by atoms with E-state index < -0.39 is 0 Å². The topological polar surface area (TPSA) is 0 Å². The van der Waals surface area contributed by atoms with Crippen molar-refractivity contribution in [2.24, 2.45) is 35.0 Å². The molecule has 6 unspecified atom stereocenters. The minimum atomic E-state index is 0.378. The van der Waals surface area contributed by atoms with E-state index in [4.69, 9.17) is 0 Å². The lowest BCUT2D eigenvalue weighted by atomic mass is 9.53. The zero-order valence-corrected chi connectivity index (χ0v) is 15.3. The number of hydrogen-bond donors (Lipinski definition) is 0. The zero-order chi connectivity index (χ0) is 15.6. The Labute approximate surface area is 133 Å². The first-order chi connectivity index (χ1) is 9.86. The molecule has 6 atom stereocenters. The summed E-state index contributed by atoms with van der Waals surface area (Å²) in [5.41, 5.74) is 1.80. The molecule has 2 aliphatic carbocycles. The van der Waals surface area contributed by atoms with Crippen LogP contribution in [0.5, 0.6) is 0 Å². The Bertz CT molecular complexity index is 355. The molecule has 0 saturated heterocycles. The molecular formula is C21H38. The molecule has 0 heteroatoms. The molecule has 0 aromatic heterocycles. The van der Waals surface area contributed by atoms with Crippen molar-refractivity contribution in [2.45, 2.75) is 86.0 Å². The van der Waals surface area contributed by atoms with Gasteiger partial charge in [-0.05, 0) is 61.2 Å². The summed E-state index contributed by atoms with van der Waals surface area (Å²) >= 11 is 0. The smallest absolute Gasteiger partial charge is 0.00933 e. The highest BCUT2D eigenvalue weighted by atomic mass is 14.5. The summed E-state index contributed by atoms with van der Waals surface area (Å²) in [5.74, 6) is 4.50. The minimum absolute atomic E-state index is 0.378. The maximum absolute atomic E-state index is 4.35. The van der Waals surface area contributed by atoms with Crippen molar-refractivity contribution in [2.75, 3.05) is 0 Å². The van der Waals surface area contributed by atoms with Crippen LogP contribution in [0.3, 0.4) is 0 Å². The predicted octanol–water partition coefficient (Wildman–Crippen LogP) is 6.86. The average Bonchev–Trinajstić information content (AvgIpc) is 2.41. The van der Waals surface area contributed by atoms with Crippen LogP contribution in [0, 0.1) is 35.0 Å². The highest BCUT2D eigenvalue weighted by molar-refractivity contribution is 5.11. The quantitative estimate of drug-likeness (QED) is 0.463. The number of rotatable bonds is 1. The summed E-state index contributed by atoms with van der Waals surface area (Å²) in [6.45, 7) is 16.7. The standard InChI is InChI=1S/C21H38/c1-15(2)21(6)13-12-19-11-9-7-8-10-16(3)14-17(4)20(19)18(21)5/h16-20H,1,7-14H2,2-6H3. The number of fused-ring (bicyclic) bond motifs is 1. The first kappa shape index (κ1) is 17.1. The van der Waals surface area contributed by atoms with Crippen molar-refractivity contribution in [3.8, 4) is 0 Å². The minimum Gasteiger partial charge on any atom is -0.0996 e. The monoisotopic (exact) mass is 290 g/mol. The zero-order valence-electron chi connectivity index (χ0n) is 15.3. The fraction of sp³-hybridized carbons (Fsp3) is 0.905. The van der Waals surface area contributed by atoms with E-state index in [9.17, 15) is 0 Å². The Morgan fingerprint density at radius 2 is 1.67 bits per heavy atom. The molecule has 0 aromatic carbocycles. The Morgan fingerprint density at radius 3 is 2.33 bits per heavy atom. The van der Waals surface area contributed by atoms with Gasteiger partial charge in [-0.1, -0.05) is 72.0 Å². The average molecular weight is 291 g/mol. The van der Waals surface area contributed by atoms with Crippen molar-refractivity contribution in [3.63, 3.8) is 0 Å². The molecular weight excluding hydrogens is 252 g/mol. The van der Waals surface area contributed by atoms with Crippen LogP contribution in [0.15, 0.2) is 12.2 Å². The molecule has 2 aliphatic rings. The summed E-state index contributed by atoms with van der Waals surface area (Å²) in [6, 6.07) is 0. The molecule has 0 radical (unpaired) electrons. The van der Waals surface area contributed by atoms with Crippen LogP contribution in [0.1, 0.15) is 86.0 Å². The van der Waals surface area contributed by atoms with Crippen LogP contribution >= 0.6 is 0 Å². The van der Waals surface area contributed by atoms with Gasteiger partial charge < -0.3 is 0 Å². The van der Waals surface area contributed by atoms with Gasteiger partial charge in [0.15, 0.2) is 0 Å². The van der Waals surface area contributed by atoms with E-state index in [0.717, 1.165) is 29.6 Å². The Hall–Kier alpha value is -0.260. The maximum atomic E-state index is 4.35. The highest BCUT2D eigenvalue weighted by Crippen LogP contribution is 2.54. The third-order valence-corrected chi connectivity index (χ3v) is 7.34. The van der Waals surface area contributed by atoms with Crippen LogP contribution in [0.2, 0.25) is 0 Å². The largest absolute Gasteiger partial charge is 0.0996 e. The van der Waals surface area contributed by atoms with Crippen molar-refractivity contribution in [3.05, 3.63) is 12.2 Å². The normalized spacial score (nSPS) is 45.7. The molecule has 0 aromatic rings. The van der Waals surface area contributed by atoms with Crippen molar-refractivity contribution >= 4 is 0 Å². The van der Waals surface area contributed by atoms with Gasteiger partial charge in [0.1, 0.15) is 0 Å². The van der Waals surface area contributed by atoms with Gasteiger partial charge in [-0.15, -0.1) is 0 Å². The van der Waals surface area contributed by atoms with Crippen LogP contribution in [-0.4, -0.2) is 0 Å². The molecule has 0 spiro atoms. The summed E-state index contributed by atoms with van der Waals surface area (Å²) in [7, 11) is 0. The van der Waals surface area contributed by atoms with Gasteiger partial charge >= 0.3 is 0 Å². The summed E-state index contributed by atoms with van der Waals surface area (Å²) < 4.78 is 0.